The smallest absolute Gasteiger partial charge is 0.267 e. The maximum atomic E-state index is 14.1. The first-order chi connectivity index (χ1) is 12.8. The number of benzene rings is 2. The number of hydrogen-bond donors (Lipinski definition) is 2. The molecule has 1 aromatic heterocycles. The van der Waals surface area contributed by atoms with Crippen molar-refractivity contribution in [3.63, 3.8) is 0 Å². The molecule has 3 aromatic rings. The van der Waals surface area contributed by atoms with Crippen LogP contribution in [0.3, 0.4) is 0 Å². The summed E-state index contributed by atoms with van der Waals surface area (Å²) in [6, 6.07) is 8.49. The highest BCUT2D eigenvalue weighted by Crippen LogP contribution is 2.32. The lowest BCUT2D eigenvalue weighted by molar-refractivity contribution is -0.499. The largest absolute Gasteiger partial charge is 0.630 e. The minimum Gasteiger partial charge on any atom is -0.630 e. The number of aromatic nitrogens is 2. The molecule has 7 nitrogen and oxygen atoms in total. The van der Waals surface area contributed by atoms with Crippen molar-refractivity contribution in [1.82, 2.24) is 9.97 Å². The first-order valence-corrected chi connectivity index (χ1v) is 9.23. The molecule has 140 valence electrons. The Hall–Kier alpha value is -2.66. The van der Waals surface area contributed by atoms with Gasteiger partial charge >= 0.3 is 0 Å². The van der Waals surface area contributed by atoms with E-state index in [-0.39, 0.29) is 32.8 Å². The third-order valence-corrected chi connectivity index (χ3v) is 5.15. The van der Waals surface area contributed by atoms with Crippen molar-refractivity contribution in [2.75, 3.05) is 4.72 Å². The molecule has 0 aliphatic rings. The molecule has 0 saturated carbocycles. The van der Waals surface area contributed by atoms with Crippen LogP contribution in [0.15, 0.2) is 53.6 Å². The van der Waals surface area contributed by atoms with Gasteiger partial charge in [0.15, 0.2) is 5.82 Å². The van der Waals surface area contributed by atoms with Gasteiger partial charge in [0.05, 0.1) is 11.9 Å². The molecule has 0 spiro atoms. The number of halogens is 3. The number of nitrogens with zero attached hydrogens (tertiary/aromatic N) is 2. The van der Waals surface area contributed by atoms with Gasteiger partial charge in [-0.3, -0.25) is 4.72 Å². The van der Waals surface area contributed by atoms with Crippen LogP contribution in [0.2, 0.25) is 5.28 Å². The van der Waals surface area contributed by atoms with Crippen LogP contribution in [0.25, 0.3) is 11.3 Å². The van der Waals surface area contributed by atoms with Crippen molar-refractivity contribution in [2.45, 2.75) is 4.90 Å². The number of nitrogens with one attached hydrogen (secondary N) is 1. The maximum absolute atomic E-state index is 14.1. The van der Waals surface area contributed by atoms with E-state index in [4.69, 9.17) is 11.6 Å². The Bertz CT molecular complexity index is 1110. The zero-order chi connectivity index (χ0) is 19.6. The SMILES string of the molecule is O=S(=O)(Nc1cc(F)ccc1-c1nc(Cl)ncc1F)c1ccccc1[NH2+][O-]. The Morgan fingerprint density at radius 1 is 1.15 bits per heavy atom. The van der Waals surface area contributed by atoms with Crippen LogP contribution in [0.5, 0.6) is 0 Å². The summed E-state index contributed by atoms with van der Waals surface area (Å²) < 4.78 is 55.4. The van der Waals surface area contributed by atoms with Crippen molar-refractivity contribution in [3.05, 3.63) is 70.8 Å². The number of quaternary nitrogens is 1. The van der Waals surface area contributed by atoms with Gasteiger partial charge in [-0.1, -0.05) is 12.1 Å². The summed E-state index contributed by atoms with van der Waals surface area (Å²) in [6.07, 6.45) is 0.813. The van der Waals surface area contributed by atoms with Gasteiger partial charge in [-0.15, -0.1) is 0 Å². The van der Waals surface area contributed by atoms with Gasteiger partial charge in [0.25, 0.3) is 10.0 Å². The van der Waals surface area contributed by atoms with E-state index in [2.05, 4.69) is 14.7 Å². The number of hydrogen-bond acceptors (Lipinski definition) is 5. The Balaban J connectivity index is 2.12. The monoisotopic (exact) mass is 412 g/mol. The van der Waals surface area contributed by atoms with Gasteiger partial charge in [0, 0.05) is 11.6 Å². The van der Waals surface area contributed by atoms with Crippen LogP contribution in [0, 0.1) is 16.8 Å². The van der Waals surface area contributed by atoms with Crippen LogP contribution in [-0.2, 0) is 10.0 Å². The summed E-state index contributed by atoms with van der Waals surface area (Å²) in [5.41, 5.74) is -0.337. The molecule has 0 saturated heterocycles. The van der Waals surface area contributed by atoms with Crippen molar-refractivity contribution in [3.8, 4) is 11.3 Å². The summed E-state index contributed by atoms with van der Waals surface area (Å²) in [4.78, 5) is 6.91. The second-order valence-corrected chi connectivity index (χ2v) is 7.28. The van der Waals surface area contributed by atoms with E-state index in [1.54, 1.807) is 0 Å². The minimum absolute atomic E-state index is 0.0506. The third-order valence-electron chi connectivity index (χ3n) is 3.53. The van der Waals surface area contributed by atoms with Crippen molar-refractivity contribution in [1.29, 1.82) is 0 Å². The predicted octanol–water partition coefficient (Wildman–Crippen LogP) is 2.57. The highest BCUT2D eigenvalue weighted by Gasteiger charge is 2.23. The van der Waals surface area contributed by atoms with E-state index in [9.17, 15) is 22.4 Å². The molecule has 1 heterocycles. The summed E-state index contributed by atoms with van der Waals surface area (Å²) in [5.74, 6) is -1.64. The summed E-state index contributed by atoms with van der Waals surface area (Å²) in [6.45, 7) is 0. The molecule has 27 heavy (non-hydrogen) atoms. The fraction of sp³-hybridized carbons (Fsp3) is 0. The molecule has 0 amide bonds. The molecular weight excluding hydrogens is 402 g/mol. The Morgan fingerprint density at radius 3 is 2.63 bits per heavy atom. The number of anilines is 1. The van der Waals surface area contributed by atoms with E-state index in [1.807, 2.05) is 0 Å². The van der Waals surface area contributed by atoms with Gasteiger partial charge in [-0.25, -0.2) is 27.2 Å². The Labute approximate surface area is 157 Å². The molecule has 3 N–H and O–H groups in total. The van der Waals surface area contributed by atoms with Gasteiger partial charge in [-0.2, -0.15) is 0 Å². The van der Waals surface area contributed by atoms with E-state index >= 15 is 0 Å². The first kappa shape index (κ1) is 19.1. The van der Waals surface area contributed by atoms with Crippen LogP contribution in [0.4, 0.5) is 20.2 Å². The summed E-state index contributed by atoms with van der Waals surface area (Å²) in [7, 11) is -4.27. The van der Waals surface area contributed by atoms with Crippen LogP contribution >= 0.6 is 11.6 Å². The van der Waals surface area contributed by atoms with Crippen molar-refractivity contribution >= 4 is 33.0 Å². The average molecular weight is 413 g/mol. The van der Waals surface area contributed by atoms with Gasteiger partial charge in [0.2, 0.25) is 5.28 Å². The van der Waals surface area contributed by atoms with Crippen molar-refractivity contribution in [2.24, 2.45) is 0 Å². The highest BCUT2D eigenvalue weighted by atomic mass is 35.5. The second kappa shape index (κ2) is 7.53. The normalized spacial score (nSPS) is 11.4. The predicted molar refractivity (Wildman–Crippen MR) is 94.6 cm³/mol. The number of nitrogens with two attached hydrogens (primary N) is 1. The van der Waals surface area contributed by atoms with Gasteiger partial charge in [-0.05, 0) is 35.9 Å². The highest BCUT2D eigenvalue weighted by molar-refractivity contribution is 7.92. The lowest BCUT2D eigenvalue weighted by Crippen LogP contribution is -2.70. The number of rotatable bonds is 5. The van der Waals surface area contributed by atoms with Gasteiger partial charge in [0.1, 0.15) is 22.1 Å². The van der Waals surface area contributed by atoms with Gasteiger partial charge < -0.3 is 10.7 Å². The van der Waals surface area contributed by atoms with Crippen LogP contribution in [0.1, 0.15) is 0 Å². The Kier molecular flexibility index (Phi) is 5.33. The molecule has 11 heteroatoms. The van der Waals surface area contributed by atoms with E-state index in [0.717, 1.165) is 24.4 Å². The van der Waals surface area contributed by atoms with E-state index in [1.165, 1.54) is 24.3 Å². The quantitative estimate of drug-likeness (QED) is 0.380. The molecule has 2 aromatic carbocycles. The van der Waals surface area contributed by atoms with Crippen LogP contribution in [-0.4, -0.2) is 18.4 Å². The average Bonchev–Trinajstić information content (AvgIpc) is 2.64. The van der Waals surface area contributed by atoms with E-state index in [0.29, 0.717) is 5.48 Å². The lowest BCUT2D eigenvalue weighted by Gasteiger charge is -2.14. The third kappa shape index (κ3) is 4.03. The summed E-state index contributed by atoms with van der Waals surface area (Å²) in [5, 5.41) is 10.8. The lowest BCUT2D eigenvalue weighted by atomic mass is 10.1. The zero-order valence-electron chi connectivity index (χ0n) is 13.4. The van der Waals surface area contributed by atoms with E-state index < -0.39 is 21.7 Å². The molecule has 0 aliphatic heterocycles. The standard InChI is InChI=1S/C16H11ClF2N4O3S/c17-16-20-8-11(19)15(21-16)10-6-5-9(18)7-13(10)23-27(25,26)14-4-2-1-3-12(14)22-24/h1-8,23H,22H2. The molecule has 0 bridgehead atoms. The molecule has 0 atom stereocenters. The summed E-state index contributed by atoms with van der Waals surface area (Å²) >= 11 is 5.68. The molecular formula is C16H11ClF2N4O3S. The topological polar surface area (TPSA) is 112 Å². The fourth-order valence-corrected chi connectivity index (χ4v) is 3.75. The number of sulfonamides is 1. The molecule has 0 radical (unpaired) electrons. The minimum atomic E-state index is -4.27. The second-order valence-electron chi connectivity index (χ2n) is 5.29. The molecule has 3 rings (SSSR count). The van der Waals surface area contributed by atoms with Crippen LogP contribution < -0.4 is 10.2 Å². The molecule has 0 fully saturated rings. The molecule has 0 aliphatic carbocycles. The zero-order valence-corrected chi connectivity index (χ0v) is 14.9. The maximum Gasteiger partial charge on any atom is 0.267 e. The Morgan fingerprint density at radius 2 is 1.89 bits per heavy atom. The first-order valence-electron chi connectivity index (χ1n) is 7.37. The fourth-order valence-electron chi connectivity index (χ4n) is 2.36. The molecule has 0 unspecified atom stereocenters. The van der Waals surface area contributed by atoms with Crippen molar-refractivity contribution < 1.29 is 22.7 Å².